The fourth-order valence-electron chi connectivity index (χ4n) is 2.63. The first-order valence-electron chi connectivity index (χ1n) is 7.26. The van der Waals surface area contributed by atoms with Gasteiger partial charge in [0.15, 0.2) is 10.1 Å². The summed E-state index contributed by atoms with van der Waals surface area (Å²) in [6.07, 6.45) is 7.56. The van der Waals surface area contributed by atoms with Gasteiger partial charge in [-0.1, -0.05) is 25.7 Å². The fourth-order valence-corrected chi connectivity index (χ4v) is 3.73. The Morgan fingerprint density at radius 3 is 2.53 bits per heavy atom. The van der Waals surface area contributed by atoms with Crippen LogP contribution in [0.2, 0.25) is 0 Å². The molecule has 2 rings (SSSR count). The van der Waals surface area contributed by atoms with Gasteiger partial charge in [0, 0.05) is 6.04 Å². The van der Waals surface area contributed by atoms with Gasteiger partial charge in [-0.15, -0.1) is 0 Å². The molecular formula is C14H24N2O2S. The zero-order chi connectivity index (χ0) is 13.9. The van der Waals surface area contributed by atoms with Crippen LogP contribution in [0, 0.1) is 0 Å². The summed E-state index contributed by atoms with van der Waals surface area (Å²) in [5.41, 5.74) is 0. The molecular weight excluding hydrogens is 260 g/mol. The summed E-state index contributed by atoms with van der Waals surface area (Å²) >= 11 is 1.42. The molecule has 1 aliphatic heterocycles. The van der Waals surface area contributed by atoms with Crippen LogP contribution in [0.5, 0.6) is 0 Å². The van der Waals surface area contributed by atoms with Crippen LogP contribution in [-0.4, -0.2) is 28.2 Å². The second-order valence-electron chi connectivity index (χ2n) is 5.77. The van der Waals surface area contributed by atoms with Crippen molar-refractivity contribution in [2.24, 2.45) is 4.99 Å². The van der Waals surface area contributed by atoms with Crippen molar-refractivity contribution in [1.29, 1.82) is 0 Å². The maximum Gasteiger partial charge on any atom is 0.291 e. The topological polar surface area (TPSA) is 50.7 Å². The van der Waals surface area contributed by atoms with Crippen molar-refractivity contribution in [3.63, 3.8) is 0 Å². The monoisotopic (exact) mass is 284 g/mol. The van der Waals surface area contributed by atoms with Gasteiger partial charge in [-0.2, -0.15) is 4.99 Å². The number of nitrogens with zero attached hydrogens (tertiary/aromatic N) is 1. The Morgan fingerprint density at radius 2 is 1.95 bits per heavy atom. The third-order valence-corrected chi connectivity index (χ3v) is 4.59. The van der Waals surface area contributed by atoms with E-state index in [1.807, 2.05) is 20.8 Å². The van der Waals surface area contributed by atoms with Gasteiger partial charge >= 0.3 is 0 Å². The fraction of sp³-hybridized carbons (Fsp3) is 0.857. The second kappa shape index (κ2) is 6.27. The first-order valence-corrected chi connectivity index (χ1v) is 8.08. The van der Waals surface area contributed by atoms with Crippen LogP contribution in [0.4, 0.5) is 0 Å². The van der Waals surface area contributed by atoms with Crippen LogP contribution in [0.15, 0.2) is 4.99 Å². The zero-order valence-corrected chi connectivity index (χ0v) is 12.9. The van der Waals surface area contributed by atoms with Crippen molar-refractivity contribution in [2.75, 3.05) is 0 Å². The molecule has 0 aromatic carbocycles. The number of nitrogens with one attached hydrogen (secondary N) is 1. The van der Waals surface area contributed by atoms with E-state index in [1.54, 1.807) is 0 Å². The number of carbonyl (C=O) groups is 1. The normalized spacial score (nSPS) is 29.5. The number of ether oxygens (including phenoxy) is 1. The van der Waals surface area contributed by atoms with E-state index < -0.39 is 4.93 Å². The summed E-state index contributed by atoms with van der Waals surface area (Å²) in [5, 5.41) is 4.16. The van der Waals surface area contributed by atoms with Crippen LogP contribution >= 0.6 is 11.8 Å². The third-order valence-electron chi connectivity index (χ3n) is 3.53. The largest absolute Gasteiger partial charge is 0.362 e. The maximum atomic E-state index is 12.0. The molecule has 1 saturated carbocycles. The van der Waals surface area contributed by atoms with Crippen LogP contribution in [0.1, 0.15) is 59.3 Å². The summed E-state index contributed by atoms with van der Waals surface area (Å²) in [6, 6.07) is 0.461. The highest BCUT2D eigenvalue weighted by Gasteiger charge is 2.43. The number of amidine groups is 1. The van der Waals surface area contributed by atoms with E-state index in [-0.39, 0.29) is 12.0 Å². The highest BCUT2D eigenvalue weighted by atomic mass is 32.2. The van der Waals surface area contributed by atoms with E-state index in [0.717, 1.165) is 5.17 Å². The van der Waals surface area contributed by atoms with Gasteiger partial charge in [0.25, 0.3) is 5.91 Å². The highest BCUT2D eigenvalue weighted by Crippen LogP contribution is 2.35. The predicted octanol–water partition coefficient (Wildman–Crippen LogP) is 3.07. The molecule has 1 unspecified atom stereocenters. The zero-order valence-electron chi connectivity index (χ0n) is 12.1. The van der Waals surface area contributed by atoms with Gasteiger partial charge in [-0.3, -0.25) is 4.79 Å². The van der Waals surface area contributed by atoms with Gasteiger partial charge in [0.05, 0.1) is 6.10 Å². The standard InChI is InChI=1S/C14H24N2O2S/c1-10(2)18-14(3)12(17)16-13(19-14)15-11-8-6-4-5-7-9-11/h10-11H,4-9H2,1-3H3,(H,15,16,17). The molecule has 0 aromatic heterocycles. The number of amides is 1. The van der Waals surface area contributed by atoms with Gasteiger partial charge in [-0.25, -0.2) is 0 Å². The van der Waals surface area contributed by atoms with E-state index >= 15 is 0 Å². The van der Waals surface area contributed by atoms with E-state index in [1.165, 1.54) is 50.3 Å². The highest BCUT2D eigenvalue weighted by molar-refractivity contribution is 8.16. The second-order valence-corrected chi connectivity index (χ2v) is 7.14. The lowest BCUT2D eigenvalue weighted by atomic mass is 10.1. The number of hydrogen-bond donors (Lipinski definition) is 1. The number of carbonyl (C=O) groups excluding carboxylic acids is 1. The number of aliphatic imine (C=N–C) groups is 1. The molecule has 1 amide bonds. The average molecular weight is 284 g/mol. The quantitative estimate of drug-likeness (QED) is 0.809. The van der Waals surface area contributed by atoms with Gasteiger partial charge in [0.1, 0.15) is 0 Å². The number of thioether (sulfide) groups is 1. The van der Waals surface area contributed by atoms with E-state index in [2.05, 4.69) is 10.3 Å². The SMILES string of the molecule is CC(C)OC1(C)SC(NC2CCCCCC2)=NC1=O. The first-order chi connectivity index (χ1) is 8.99. The first kappa shape index (κ1) is 14.9. The molecule has 0 spiro atoms. The van der Waals surface area contributed by atoms with Gasteiger partial charge < -0.3 is 10.1 Å². The molecule has 5 heteroatoms. The molecule has 4 nitrogen and oxygen atoms in total. The van der Waals surface area contributed by atoms with Crippen LogP contribution < -0.4 is 5.32 Å². The summed E-state index contributed by atoms with van der Waals surface area (Å²) in [7, 11) is 0. The molecule has 0 aromatic rings. The van der Waals surface area contributed by atoms with Crippen LogP contribution in [0.25, 0.3) is 0 Å². The molecule has 19 heavy (non-hydrogen) atoms. The Balaban J connectivity index is 1.92. The molecule has 108 valence electrons. The molecule has 1 atom stereocenters. The lowest BCUT2D eigenvalue weighted by molar-refractivity contribution is -0.133. The van der Waals surface area contributed by atoms with Crippen molar-refractivity contribution < 1.29 is 9.53 Å². The lowest BCUT2D eigenvalue weighted by Crippen LogP contribution is -2.35. The van der Waals surface area contributed by atoms with Crippen molar-refractivity contribution in [2.45, 2.75) is 76.4 Å². The molecule has 2 aliphatic rings. The Kier molecular flexibility index (Phi) is 4.90. The Labute approximate surface area is 119 Å². The molecule has 0 bridgehead atoms. The molecule has 1 heterocycles. The summed E-state index contributed by atoms with van der Waals surface area (Å²) in [4.78, 5) is 15.3. The van der Waals surface area contributed by atoms with Crippen molar-refractivity contribution in [3.05, 3.63) is 0 Å². The molecule has 1 N–H and O–H groups in total. The van der Waals surface area contributed by atoms with Crippen molar-refractivity contribution >= 4 is 22.8 Å². The van der Waals surface area contributed by atoms with E-state index in [4.69, 9.17) is 4.74 Å². The Hall–Kier alpha value is -0.550. The smallest absolute Gasteiger partial charge is 0.291 e. The number of rotatable bonds is 3. The summed E-state index contributed by atoms with van der Waals surface area (Å²) in [5.74, 6) is -0.178. The Morgan fingerprint density at radius 1 is 1.32 bits per heavy atom. The minimum absolute atomic E-state index is 0.0221. The van der Waals surface area contributed by atoms with Crippen LogP contribution in [0.3, 0.4) is 0 Å². The molecule has 0 saturated heterocycles. The molecule has 1 aliphatic carbocycles. The van der Waals surface area contributed by atoms with Gasteiger partial charge in [-0.05, 0) is 45.4 Å². The van der Waals surface area contributed by atoms with Crippen molar-refractivity contribution in [1.82, 2.24) is 5.32 Å². The van der Waals surface area contributed by atoms with Crippen LogP contribution in [-0.2, 0) is 9.53 Å². The van der Waals surface area contributed by atoms with Gasteiger partial charge in [0.2, 0.25) is 0 Å². The summed E-state index contributed by atoms with van der Waals surface area (Å²) < 4.78 is 5.71. The maximum absolute atomic E-state index is 12.0. The molecule has 0 radical (unpaired) electrons. The Bertz CT molecular complexity index is 362. The minimum atomic E-state index is -0.846. The third kappa shape index (κ3) is 3.96. The predicted molar refractivity (Wildman–Crippen MR) is 79.3 cm³/mol. The van der Waals surface area contributed by atoms with Crippen molar-refractivity contribution in [3.8, 4) is 0 Å². The molecule has 1 fully saturated rings. The number of hydrogen-bond acceptors (Lipinski definition) is 4. The van der Waals surface area contributed by atoms with E-state index in [9.17, 15) is 4.79 Å². The van der Waals surface area contributed by atoms with E-state index in [0.29, 0.717) is 6.04 Å². The average Bonchev–Trinajstić information content (AvgIpc) is 2.52. The minimum Gasteiger partial charge on any atom is -0.362 e. The lowest BCUT2D eigenvalue weighted by Gasteiger charge is -2.24. The summed E-state index contributed by atoms with van der Waals surface area (Å²) in [6.45, 7) is 5.69.